The molecule has 0 radical (unpaired) electrons. The van der Waals surface area contributed by atoms with Crippen LogP contribution in [0, 0.1) is 12.7 Å². The summed E-state index contributed by atoms with van der Waals surface area (Å²) in [5.41, 5.74) is 1.43. The number of methoxy groups -OCH3 is 1. The molecule has 0 aromatic heterocycles. The number of rotatable bonds is 7. The molecule has 0 saturated heterocycles. The Bertz CT molecular complexity index is 957. The molecule has 30 heavy (non-hydrogen) atoms. The lowest BCUT2D eigenvalue weighted by molar-refractivity contribution is -0.116. The Balaban J connectivity index is 1.48. The van der Waals surface area contributed by atoms with Crippen molar-refractivity contribution >= 4 is 17.9 Å². The molecule has 0 saturated carbocycles. The van der Waals surface area contributed by atoms with Crippen molar-refractivity contribution in [2.24, 2.45) is 0 Å². The number of benzene rings is 2. The number of aryl methyl sites for hydroxylation is 1. The summed E-state index contributed by atoms with van der Waals surface area (Å²) < 4.78 is 30.0. The van der Waals surface area contributed by atoms with Crippen molar-refractivity contribution in [1.29, 1.82) is 0 Å². The van der Waals surface area contributed by atoms with Gasteiger partial charge in [-0.15, -0.1) is 0 Å². The normalized spacial score (nSPS) is 12.5. The maximum atomic E-state index is 13.5. The smallest absolute Gasteiger partial charge is 0.251 e. The van der Waals surface area contributed by atoms with Crippen LogP contribution in [0.5, 0.6) is 17.2 Å². The summed E-state index contributed by atoms with van der Waals surface area (Å²) in [6.45, 7) is 2.97. The molecule has 0 spiro atoms. The van der Waals surface area contributed by atoms with E-state index in [0.29, 0.717) is 36.0 Å². The van der Waals surface area contributed by atoms with Crippen LogP contribution in [0.25, 0.3) is 6.08 Å². The van der Waals surface area contributed by atoms with Gasteiger partial charge in [0.25, 0.3) is 5.91 Å². The monoisotopic (exact) mass is 414 g/mol. The topological polar surface area (TPSA) is 85.9 Å². The largest absolute Gasteiger partial charge is 0.493 e. The van der Waals surface area contributed by atoms with E-state index in [0.717, 1.165) is 5.56 Å². The second-order valence-corrected chi connectivity index (χ2v) is 6.59. The molecule has 2 amide bonds. The average molecular weight is 414 g/mol. The first-order chi connectivity index (χ1) is 14.5. The summed E-state index contributed by atoms with van der Waals surface area (Å²) in [4.78, 5) is 24.0. The molecular formula is C22H23FN2O5. The first-order valence-corrected chi connectivity index (χ1v) is 9.46. The highest BCUT2D eigenvalue weighted by Gasteiger charge is 2.17. The second-order valence-electron chi connectivity index (χ2n) is 6.59. The van der Waals surface area contributed by atoms with Crippen molar-refractivity contribution in [3.05, 3.63) is 58.9 Å². The van der Waals surface area contributed by atoms with Gasteiger partial charge in [0.2, 0.25) is 11.7 Å². The molecular weight excluding hydrogens is 391 g/mol. The zero-order valence-electron chi connectivity index (χ0n) is 16.8. The quantitative estimate of drug-likeness (QED) is 0.537. The number of carbonyl (C=O) groups is 2. The van der Waals surface area contributed by atoms with Crippen LogP contribution in [-0.4, -0.2) is 45.2 Å². The first kappa shape index (κ1) is 21.2. The van der Waals surface area contributed by atoms with E-state index in [2.05, 4.69) is 10.6 Å². The van der Waals surface area contributed by atoms with Gasteiger partial charge in [-0.2, -0.15) is 0 Å². The van der Waals surface area contributed by atoms with Gasteiger partial charge in [0.1, 0.15) is 19.0 Å². The van der Waals surface area contributed by atoms with Gasteiger partial charge < -0.3 is 24.8 Å². The third-order valence-corrected chi connectivity index (χ3v) is 4.42. The first-order valence-electron chi connectivity index (χ1n) is 9.46. The van der Waals surface area contributed by atoms with Crippen LogP contribution in [-0.2, 0) is 4.79 Å². The number of hydrogen-bond acceptors (Lipinski definition) is 5. The van der Waals surface area contributed by atoms with Gasteiger partial charge in [-0.05, 0) is 48.4 Å². The van der Waals surface area contributed by atoms with Crippen LogP contribution >= 0.6 is 0 Å². The minimum Gasteiger partial charge on any atom is -0.493 e. The Kier molecular flexibility index (Phi) is 6.90. The zero-order chi connectivity index (χ0) is 21.5. The summed E-state index contributed by atoms with van der Waals surface area (Å²) in [6, 6.07) is 7.80. The molecule has 2 aromatic carbocycles. The van der Waals surface area contributed by atoms with Crippen molar-refractivity contribution < 1.29 is 28.2 Å². The number of amides is 2. The second kappa shape index (κ2) is 9.78. The molecule has 3 rings (SSSR count). The number of halogens is 1. The van der Waals surface area contributed by atoms with Gasteiger partial charge in [0.15, 0.2) is 11.5 Å². The maximum Gasteiger partial charge on any atom is 0.251 e. The zero-order valence-corrected chi connectivity index (χ0v) is 16.8. The molecule has 0 fully saturated rings. The van der Waals surface area contributed by atoms with Gasteiger partial charge in [-0.25, -0.2) is 4.39 Å². The van der Waals surface area contributed by atoms with Gasteiger partial charge in [0, 0.05) is 24.7 Å². The Labute approximate surface area is 173 Å². The maximum absolute atomic E-state index is 13.5. The molecule has 0 unspecified atom stereocenters. The molecule has 0 aliphatic carbocycles. The molecule has 0 bridgehead atoms. The van der Waals surface area contributed by atoms with Gasteiger partial charge in [-0.1, -0.05) is 6.07 Å². The number of ether oxygens (including phenoxy) is 3. The molecule has 1 heterocycles. The van der Waals surface area contributed by atoms with E-state index < -0.39 is 11.7 Å². The average Bonchev–Trinajstić information content (AvgIpc) is 2.76. The number of hydrogen-bond donors (Lipinski definition) is 2. The Morgan fingerprint density at radius 1 is 1.13 bits per heavy atom. The molecule has 1 aliphatic heterocycles. The minimum atomic E-state index is -0.433. The molecule has 8 heteroatoms. The molecule has 2 aromatic rings. The number of carbonyl (C=O) groups excluding carboxylic acids is 2. The van der Waals surface area contributed by atoms with Crippen LogP contribution in [0.15, 0.2) is 36.4 Å². The fourth-order valence-corrected chi connectivity index (χ4v) is 2.82. The van der Waals surface area contributed by atoms with Crippen molar-refractivity contribution in [1.82, 2.24) is 10.6 Å². The Hall–Kier alpha value is -3.55. The lowest BCUT2D eigenvalue weighted by Crippen LogP contribution is -2.34. The van der Waals surface area contributed by atoms with E-state index >= 15 is 0 Å². The summed E-state index contributed by atoms with van der Waals surface area (Å²) in [5.74, 6) is 0.492. The SMILES string of the molecule is COc1cc(/C=C/C(=O)NCCNC(=O)c2ccc(C)c(F)c2)cc2c1OCCO2. The predicted octanol–water partition coefficient (Wildman–Crippen LogP) is 2.47. The van der Waals surface area contributed by atoms with Crippen molar-refractivity contribution in [3.8, 4) is 17.2 Å². The van der Waals surface area contributed by atoms with E-state index in [1.54, 1.807) is 37.3 Å². The molecule has 2 N–H and O–H groups in total. The highest BCUT2D eigenvalue weighted by Crippen LogP contribution is 2.40. The Morgan fingerprint density at radius 2 is 1.90 bits per heavy atom. The van der Waals surface area contributed by atoms with Crippen molar-refractivity contribution in [2.45, 2.75) is 6.92 Å². The van der Waals surface area contributed by atoms with Crippen molar-refractivity contribution in [2.75, 3.05) is 33.4 Å². The van der Waals surface area contributed by atoms with E-state index in [9.17, 15) is 14.0 Å². The third kappa shape index (κ3) is 5.28. The summed E-state index contributed by atoms with van der Waals surface area (Å²) in [5, 5.41) is 5.30. The minimum absolute atomic E-state index is 0.214. The standard InChI is InChI=1S/C22H23FN2O5/c1-14-3-5-16(13-17(14)23)22(27)25-8-7-24-20(26)6-4-15-11-18(28-2)21-19(12-15)29-9-10-30-21/h3-6,11-13H,7-10H2,1-2H3,(H,24,26)(H,25,27)/b6-4+. The number of nitrogens with one attached hydrogen (secondary N) is 2. The molecule has 0 atom stereocenters. The lowest BCUT2D eigenvalue weighted by atomic mass is 10.1. The third-order valence-electron chi connectivity index (χ3n) is 4.42. The van der Waals surface area contributed by atoms with Crippen LogP contribution < -0.4 is 24.8 Å². The van der Waals surface area contributed by atoms with Gasteiger partial charge in [0.05, 0.1) is 7.11 Å². The van der Waals surface area contributed by atoms with Gasteiger partial charge >= 0.3 is 0 Å². The summed E-state index contributed by atoms with van der Waals surface area (Å²) in [6.07, 6.45) is 3.01. The van der Waals surface area contributed by atoms with E-state index in [4.69, 9.17) is 14.2 Å². The summed E-state index contributed by atoms with van der Waals surface area (Å²) >= 11 is 0. The van der Waals surface area contributed by atoms with Crippen LogP contribution in [0.3, 0.4) is 0 Å². The predicted molar refractivity (Wildman–Crippen MR) is 109 cm³/mol. The van der Waals surface area contributed by atoms with E-state index in [1.807, 2.05) is 0 Å². The van der Waals surface area contributed by atoms with Crippen LogP contribution in [0.4, 0.5) is 4.39 Å². The molecule has 158 valence electrons. The highest BCUT2D eigenvalue weighted by molar-refractivity contribution is 5.94. The summed E-state index contributed by atoms with van der Waals surface area (Å²) in [7, 11) is 1.53. The number of fused-ring (bicyclic) bond motifs is 1. The Morgan fingerprint density at radius 3 is 2.67 bits per heavy atom. The fourth-order valence-electron chi connectivity index (χ4n) is 2.82. The van der Waals surface area contributed by atoms with Crippen LogP contribution in [0.1, 0.15) is 21.5 Å². The van der Waals surface area contributed by atoms with Crippen LogP contribution in [0.2, 0.25) is 0 Å². The highest BCUT2D eigenvalue weighted by atomic mass is 19.1. The molecule has 7 nitrogen and oxygen atoms in total. The molecule has 1 aliphatic rings. The van der Waals surface area contributed by atoms with E-state index in [-0.39, 0.29) is 24.6 Å². The van der Waals surface area contributed by atoms with Gasteiger partial charge in [-0.3, -0.25) is 9.59 Å². The lowest BCUT2D eigenvalue weighted by Gasteiger charge is -2.20. The van der Waals surface area contributed by atoms with Crippen molar-refractivity contribution in [3.63, 3.8) is 0 Å². The fraction of sp³-hybridized carbons (Fsp3) is 0.273. The van der Waals surface area contributed by atoms with E-state index in [1.165, 1.54) is 19.3 Å².